The summed E-state index contributed by atoms with van der Waals surface area (Å²) < 4.78 is 27.2. The number of carbonyl (C=O) groups is 1. The predicted octanol–water partition coefficient (Wildman–Crippen LogP) is 4.19. The average molecular weight is 437 g/mol. The van der Waals surface area contributed by atoms with Crippen molar-refractivity contribution in [2.75, 3.05) is 21.9 Å². The maximum Gasteiger partial charge on any atom is 0.256 e. The molecule has 0 saturated heterocycles. The van der Waals surface area contributed by atoms with Gasteiger partial charge in [0.15, 0.2) is 0 Å². The van der Waals surface area contributed by atoms with E-state index in [1.165, 1.54) is 4.31 Å². The number of sulfonamides is 1. The minimum atomic E-state index is -3.29. The van der Waals surface area contributed by atoms with Crippen molar-refractivity contribution in [3.05, 3.63) is 58.1 Å². The van der Waals surface area contributed by atoms with Crippen molar-refractivity contribution in [3.63, 3.8) is 0 Å². The number of hydrogen-bond acceptors (Lipinski definition) is 3. The van der Waals surface area contributed by atoms with Crippen molar-refractivity contribution in [1.29, 1.82) is 0 Å². The maximum absolute atomic E-state index is 12.5. The highest BCUT2D eigenvalue weighted by atomic mass is 79.9. The molecule has 7 heteroatoms. The second-order valence-corrected chi connectivity index (χ2v) is 9.14. The third kappa shape index (κ3) is 3.94. The highest BCUT2D eigenvalue weighted by Crippen LogP contribution is 2.32. The first-order chi connectivity index (χ1) is 12.4. The second kappa shape index (κ2) is 7.80. The molecule has 0 aromatic heterocycles. The van der Waals surface area contributed by atoms with Crippen LogP contribution in [0.25, 0.3) is 0 Å². The lowest BCUT2D eigenvalue weighted by molar-refractivity contribution is 0.102. The van der Waals surface area contributed by atoms with Gasteiger partial charge in [0.25, 0.3) is 5.91 Å². The molecule has 0 fully saturated rings. The van der Waals surface area contributed by atoms with Gasteiger partial charge in [-0.25, -0.2) is 8.42 Å². The Morgan fingerprint density at radius 2 is 2.00 bits per heavy atom. The molecule has 0 saturated carbocycles. The summed E-state index contributed by atoms with van der Waals surface area (Å²) in [5.41, 5.74) is 2.89. The molecule has 0 aliphatic carbocycles. The summed E-state index contributed by atoms with van der Waals surface area (Å²) in [4.78, 5) is 12.5. The summed E-state index contributed by atoms with van der Waals surface area (Å²) >= 11 is 3.38. The fourth-order valence-electron chi connectivity index (χ4n) is 3.14. The zero-order valence-corrected chi connectivity index (χ0v) is 16.9. The molecule has 0 unspecified atom stereocenters. The predicted molar refractivity (Wildman–Crippen MR) is 108 cm³/mol. The Balaban J connectivity index is 1.85. The standard InChI is InChI=1S/C19H21BrN2O3S/c1-2-12-26(24,25)22-11-5-6-14-13-15(9-10-18(14)22)21-19(23)16-7-3-4-8-17(16)20/h3-4,7-10,13H,2,5-6,11-12H2,1H3,(H,21,23). The van der Waals surface area contributed by atoms with E-state index in [0.29, 0.717) is 24.2 Å². The third-order valence-electron chi connectivity index (χ3n) is 4.33. The summed E-state index contributed by atoms with van der Waals surface area (Å²) in [6, 6.07) is 12.6. The number of nitrogens with zero attached hydrogens (tertiary/aromatic N) is 1. The molecule has 138 valence electrons. The largest absolute Gasteiger partial charge is 0.322 e. The van der Waals surface area contributed by atoms with E-state index in [9.17, 15) is 13.2 Å². The van der Waals surface area contributed by atoms with E-state index in [0.717, 1.165) is 28.6 Å². The van der Waals surface area contributed by atoms with Crippen LogP contribution in [0.3, 0.4) is 0 Å². The van der Waals surface area contributed by atoms with Gasteiger partial charge in [-0.05, 0) is 71.1 Å². The SMILES string of the molecule is CCCS(=O)(=O)N1CCCc2cc(NC(=O)c3ccccc3Br)ccc21. The Bertz CT molecular complexity index is 928. The van der Waals surface area contributed by atoms with Crippen LogP contribution in [0.15, 0.2) is 46.9 Å². The molecular formula is C19H21BrN2O3S. The van der Waals surface area contributed by atoms with E-state index in [1.54, 1.807) is 18.2 Å². The van der Waals surface area contributed by atoms with Gasteiger partial charge >= 0.3 is 0 Å². The summed E-state index contributed by atoms with van der Waals surface area (Å²) in [5, 5.41) is 2.89. The van der Waals surface area contributed by atoms with Gasteiger partial charge in [-0.1, -0.05) is 19.1 Å². The Morgan fingerprint density at radius 3 is 2.73 bits per heavy atom. The number of rotatable bonds is 5. The van der Waals surface area contributed by atoms with Crippen LogP contribution in [0.2, 0.25) is 0 Å². The van der Waals surface area contributed by atoms with Crippen LogP contribution in [0.4, 0.5) is 11.4 Å². The topological polar surface area (TPSA) is 66.5 Å². The zero-order chi connectivity index (χ0) is 18.7. The second-order valence-electron chi connectivity index (χ2n) is 6.27. The van der Waals surface area contributed by atoms with Gasteiger partial charge in [-0.2, -0.15) is 0 Å². The molecule has 26 heavy (non-hydrogen) atoms. The molecule has 5 nitrogen and oxygen atoms in total. The van der Waals surface area contributed by atoms with Crippen LogP contribution >= 0.6 is 15.9 Å². The first kappa shape index (κ1) is 18.9. The Labute approximate surface area is 162 Å². The third-order valence-corrected chi connectivity index (χ3v) is 7.00. The highest BCUT2D eigenvalue weighted by molar-refractivity contribution is 9.10. The van der Waals surface area contributed by atoms with E-state index in [-0.39, 0.29) is 11.7 Å². The van der Waals surface area contributed by atoms with E-state index >= 15 is 0 Å². The maximum atomic E-state index is 12.5. The summed E-state index contributed by atoms with van der Waals surface area (Å²) in [5.74, 6) is -0.0591. The smallest absolute Gasteiger partial charge is 0.256 e. The molecule has 1 aliphatic heterocycles. The highest BCUT2D eigenvalue weighted by Gasteiger charge is 2.27. The monoisotopic (exact) mass is 436 g/mol. The van der Waals surface area contributed by atoms with E-state index in [2.05, 4.69) is 21.2 Å². The molecule has 2 aromatic carbocycles. The molecule has 1 amide bonds. The van der Waals surface area contributed by atoms with E-state index < -0.39 is 10.0 Å². The van der Waals surface area contributed by atoms with Crippen LogP contribution in [0.1, 0.15) is 35.7 Å². The first-order valence-corrected chi connectivity index (χ1v) is 11.0. The molecule has 1 heterocycles. The van der Waals surface area contributed by atoms with E-state index in [1.807, 2.05) is 31.2 Å². The fraction of sp³-hybridized carbons (Fsp3) is 0.316. The number of halogens is 1. The van der Waals surface area contributed by atoms with Crippen LogP contribution < -0.4 is 9.62 Å². The number of amides is 1. The van der Waals surface area contributed by atoms with Crippen LogP contribution in [-0.4, -0.2) is 26.6 Å². The molecule has 0 atom stereocenters. The number of hydrogen-bond donors (Lipinski definition) is 1. The molecule has 1 N–H and O–H groups in total. The van der Waals surface area contributed by atoms with E-state index in [4.69, 9.17) is 0 Å². The quantitative estimate of drug-likeness (QED) is 0.763. The number of carbonyl (C=O) groups excluding carboxylic acids is 1. The van der Waals surface area contributed by atoms with Gasteiger partial charge in [-0.3, -0.25) is 9.10 Å². The van der Waals surface area contributed by atoms with Gasteiger partial charge < -0.3 is 5.32 Å². The Morgan fingerprint density at radius 1 is 1.23 bits per heavy atom. The van der Waals surface area contributed by atoms with Crippen molar-refractivity contribution in [1.82, 2.24) is 0 Å². The molecular weight excluding hydrogens is 416 g/mol. The van der Waals surface area contributed by atoms with Gasteiger partial charge in [0.1, 0.15) is 0 Å². The molecule has 0 radical (unpaired) electrons. The molecule has 0 spiro atoms. The molecule has 3 rings (SSSR count). The Kier molecular flexibility index (Phi) is 5.67. The summed E-state index contributed by atoms with van der Waals surface area (Å²) in [6.45, 7) is 2.38. The molecule has 1 aliphatic rings. The van der Waals surface area contributed by atoms with Crippen molar-refractivity contribution in [2.45, 2.75) is 26.2 Å². The number of nitrogens with one attached hydrogen (secondary N) is 1. The summed E-state index contributed by atoms with van der Waals surface area (Å²) in [6.07, 6.45) is 2.16. The first-order valence-electron chi connectivity index (χ1n) is 8.61. The van der Waals surface area contributed by atoms with Crippen molar-refractivity contribution < 1.29 is 13.2 Å². The van der Waals surface area contributed by atoms with Gasteiger partial charge in [0, 0.05) is 16.7 Å². The van der Waals surface area contributed by atoms with Crippen LogP contribution in [0, 0.1) is 0 Å². The normalized spacial score (nSPS) is 14.0. The fourth-order valence-corrected chi connectivity index (χ4v) is 5.23. The molecule has 0 bridgehead atoms. The Hall–Kier alpha value is -1.86. The van der Waals surface area contributed by atoms with Gasteiger partial charge in [0.05, 0.1) is 17.0 Å². The number of fused-ring (bicyclic) bond motifs is 1. The number of benzene rings is 2. The van der Waals surface area contributed by atoms with Crippen LogP contribution in [-0.2, 0) is 16.4 Å². The number of aryl methyl sites for hydroxylation is 1. The number of anilines is 2. The average Bonchev–Trinajstić information content (AvgIpc) is 2.61. The lowest BCUT2D eigenvalue weighted by Gasteiger charge is -2.30. The lowest BCUT2D eigenvalue weighted by Crippen LogP contribution is -2.37. The van der Waals surface area contributed by atoms with Crippen LogP contribution in [0.5, 0.6) is 0 Å². The van der Waals surface area contributed by atoms with Gasteiger partial charge in [0.2, 0.25) is 10.0 Å². The molecule has 2 aromatic rings. The lowest BCUT2D eigenvalue weighted by atomic mass is 10.0. The zero-order valence-electron chi connectivity index (χ0n) is 14.5. The summed E-state index contributed by atoms with van der Waals surface area (Å²) in [7, 11) is -3.29. The van der Waals surface area contributed by atoms with Crippen molar-refractivity contribution >= 4 is 43.2 Å². The minimum Gasteiger partial charge on any atom is -0.322 e. The van der Waals surface area contributed by atoms with Gasteiger partial charge in [-0.15, -0.1) is 0 Å². The van der Waals surface area contributed by atoms with Crippen molar-refractivity contribution in [2.24, 2.45) is 0 Å². The van der Waals surface area contributed by atoms with Crippen molar-refractivity contribution in [3.8, 4) is 0 Å². The minimum absolute atomic E-state index is 0.146.